The summed E-state index contributed by atoms with van der Waals surface area (Å²) in [6.45, 7) is 8.01. The first kappa shape index (κ1) is 20.2. The third-order valence-corrected chi connectivity index (χ3v) is 6.64. The Hall–Kier alpha value is -2.76. The van der Waals surface area contributed by atoms with Crippen LogP contribution in [0.15, 0.2) is 30.3 Å². The topological polar surface area (TPSA) is 42.0 Å². The monoisotopic (exact) mass is 424 g/mol. The van der Waals surface area contributed by atoms with Crippen molar-refractivity contribution >= 4 is 11.8 Å². The van der Waals surface area contributed by atoms with E-state index in [2.05, 4.69) is 17.0 Å². The van der Waals surface area contributed by atoms with Crippen LogP contribution < -0.4 is 9.64 Å². The Morgan fingerprint density at radius 2 is 1.97 bits per heavy atom. The Kier molecular flexibility index (Phi) is 4.65. The second kappa shape index (κ2) is 7.14. The summed E-state index contributed by atoms with van der Waals surface area (Å²) in [6, 6.07) is 9.67. The van der Waals surface area contributed by atoms with Gasteiger partial charge >= 0.3 is 6.09 Å². The second-order valence-corrected chi connectivity index (χ2v) is 9.75. The highest BCUT2D eigenvalue weighted by molar-refractivity contribution is 5.78. The van der Waals surface area contributed by atoms with Gasteiger partial charge in [0.2, 0.25) is 0 Å². The predicted molar refractivity (Wildman–Crippen MR) is 118 cm³/mol. The van der Waals surface area contributed by atoms with Crippen LogP contribution in [-0.2, 0) is 11.2 Å². The van der Waals surface area contributed by atoms with E-state index in [1.165, 1.54) is 22.9 Å². The number of methoxy groups -OCH3 is 1. The molecule has 31 heavy (non-hydrogen) atoms. The summed E-state index contributed by atoms with van der Waals surface area (Å²) in [6.07, 6.45) is 1.65. The number of piperidine rings is 1. The van der Waals surface area contributed by atoms with Crippen LogP contribution in [0.25, 0.3) is 11.1 Å². The van der Waals surface area contributed by atoms with Crippen LogP contribution in [0.3, 0.4) is 0 Å². The zero-order chi connectivity index (χ0) is 21.9. The van der Waals surface area contributed by atoms with Gasteiger partial charge in [-0.05, 0) is 74.6 Å². The molecule has 3 aliphatic heterocycles. The maximum atomic E-state index is 14.8. The fourth-order valence-electron chi connectivity index (χ4n) is 5.35. The molecule has 0 spiro atoms. The standard InChI is InChI=1S/C25H29FN2O3/c1-25(2,3)31-24(29)27-9-8-22-20(14-27)19-12-16(11-15-7-10-28(22)23(15)19)18-6-5-17(30-4)13-21(18)26/h5-6,11-13,20,22H,7-10,14H2,1-4H3/t20-,22-/m0/s1. The van der Waals surface area contributed by atoms with Crippen LogP contribution in [0, 0.1) is 5.82 Å². The molecule has 164 valence electrons. The van der Waals surface area contributed by atoms with Crippen molar-refractivity contribution in [2.45, 2.75) is 51.2 Å². The molecule has 3 heterocycles. The highest BCUT2D eigenvalue weighted by atomic mass is 19.1. The van der Waals surface area contributed by atoms with Crippen molar-refractivity contribution in [2.24, 2.45) is 0 Å². The fourth-order valence-corrected chi connectivity index (χ4v) is 5.35. The van der Waals surface area contributed by atoms with Gasteiger partial charge in [0.05, 0.1) is 7.11 Å². The van der Waals surface area contributed by atoms with Crippen molar-refractivity contribution in [3.63, 3.8) is 0 Å². The minimum Gasteiger partial charge on any atom is -0.497 e. The van der Waals surface area contributed by atoms with Crippen LogP contribution in [0.4, 0.5) is 14.9 Å². The Labute approximate surface area is 182 Å². The Balaban J connectivity index is 1.49. The minimum atomic E-state index is -0.509. The number of anilines is 1. The molecule has 2 aromatic carbocycles. The molecule has 0 unspecified atom stereocenters. The number of benzene rings is 2. The third kappa shape index (κ3) is 3.42. The number of hydrogen-bond acceptors (Lipinski definition) is 4. The number of fused-ring (bicyclic) bond motifs is 3. The molecule has 1 amide bonds. The molecule has 0 N–H and O–H groups in total. The van der Waals surface area contributed by atoms with E-state index < -0.39 is 5.60 Å². The van der Waals surface area contributed by atoms with E-state index in [0.29, 0.717) is 30.4 Å². The Morgan fingerprint density at radius 3 is 2.68 bits per heavy atom. The van der Waals surface area contributed by atoms with Gasteiger partial charge in [-0.25, -0.2) is 9.18 Å². The van der Waals surface area contributed by atoms with Gasteiger partial charge in [0.1, 0.15) is 17.2 Å². The van der Waals surface area contributed by atoms with Crippen molar-refractivity contribution in [1.82, 2.24) is 4.90 Å². The summed E-state index contributed by atoms with van der Waals surface area (Å²) in [4.78, 5) is 17.0. The minimum absolute atomic E-state index is 0.219. The largest absolute Gasteiger partial charge is 0.497 e. The zero-order valence-corrected chi connectivity index (χ0v) is 18.6. The van der Waals surface area contributed by atoms with Crippen molar-refractivity contribution < 1.29 is 18.7 Å². The average molecular weight is 425 g/mol. The summed E-state index contributed by atoms with van der Waals surface area (Å²) in [5, 5.41) is 0. The first-order chi connectivity index (χ1) is 14.7. The summed E-state index contributed by atoms with van der Waals surface area (Å²) < 4.78 is 25.6. The lowest BCUT2D eigenvalue weighted by atomic mass is 9.86. The van der Waals surface area contributed by atoms with Crippen molar-refractivity contribution in [1.29, 1.82) is 0 Å². The van der Waals surface area contributed by atoms with E-state index in [1.54, 1.807) is 19.2 Å². The molecule has 5 nitrogen and oxygen atoms in total. The molecular weight excluding hydrogens is 395 g/mol. The predicted octanol–water partition coefficient (Wildman–Crippen LogP) is 4.97. The van der Waals surface area contributed by atoms with Crippen LogP contribution in [0.2, 0.25) is 0 Å². The zero-order valence-electron chi connectivity index (χ0n) is 18.6. The molecule has 0 radical (unpaired) electrons. The maximum absolute atomic E-state index is 14.8. The van der Waals surface area contributed by atoms with Gasteiger partial charge in [0.25, 0.3) is 0 Å². The molecule has 1 saturated heterocycles. The van der Waals surface area contributed by atoms with Crippen LogP contribution in [-0.4, -0.2) is 49.4 Å². The molecule has 6 heteroatoms. The van der Waals surface area contributed by atoms with Crippen molar-refractivity contribution in [2.75, 3.05) is 31.6 Å². The lowest BCUT2D eigenvalue weighted by Crippen LogP contribution is -2.49. The number of carbonyl (C=O) groups excluding carboxylic acids is 1. The van der Waals surface area contributed by atoms with Crippen LogP contribution in [0.1, 0.15) is 44.2 Å². The molecule has 3 aliphatic rings. The smallest absolute Gasteiger partial charge is 0.410 e. The maximum Gasteiger partial charge on any atom is 0.410 e. The first-order valence-electron chi connectivity index (χ1n) is 11.0. The SMILES string of the molecule is COc1ccc(-c2cc3c4c(c2)[C@@H]2CN(C(=O)OC(C)(C)C)CC[C@@H]2N4CC3)c(F)c1. The molecule has 1 fully saturated rings. The summed E-state index contributed by atoms with van der Waals surface area (Å²) in [7, 11) is 1.54. The van der Waals surface area contributed by atoms with Crippen LogP contribution >= 0.6 is 0 Å². The van der Waals surface area contributed by atoms with Gasteiger partial charge in [-0.1, -0.05) is 0 Å². The lowest BCUT2D eigenvalue weighted by molar-refractivity contribution is 0.0189. The van der Waals surface area contributed by atoms with Crippen molar-refractivity contribution in [3.05, 3.63) is 47.3 Å². The molecule has 0 bridgehead atoms. The van der Waals surface area contributed by atoms with Gasteiger partial charge in [0, 0.05) is 48.9 Å². The summed E-state index contributed by atoms with van der Waals surface area (Å²) in [5.74, 6) is 0.449. The molecule has 0 aromatic heterocycles. The van der Waals surface area contributed by atoms with Crippen LogP contribution in [0.5, 0.6) is 5.75 Å². The first-order valence-corrected chi connectivity index (χ1v) is 11.0. The van der Waals surface area contributed by atoms with Gasteiger partial charge < -0.3 is 19.3 Å². The number of ether oxygens (including phenoxy) is 2. The molecule has 2 aromatic rings. The molecule has 0 aliphatic carbocycles. The third-order valence-electron chi connectivity index (χ3n) is 6.64. The number of halogens is 1. The number of amides is 1. The van der Waals surface area contributed by atoms with Gasteiger partial charge in [-0.2, -0.15) is 0 Å². The number of nitrogens with zero attached hydrogens (tertiary/aromatic N) is 2. The van der Waals surface area contributed by atoms with E-state index in [-0.39, 0.29) is 17.8 Å². The lowest BCUT2D eigenvalue weighted by Gasteiger charge is -2.38. The Bertz CT molecular complexity index is 1050. The molecule has 5 rings (SSSR count). The van der Waals surface area contributed by atoms with E-state index in [1.807, 2.05) is 25.7 Å². The average Bonchev–Trinajstić information content (AvgIpc) is 3.28. The number of carbonyl (C=O) groups is 1. The number of rotatable bonds is 2. The number of likely N-dealkylation sites (tertiary alicyclic amines) is 1. The normalized spacial score (nSPS) is 21.7. The second-order valence-electron chi connectivity index (χ2n) is 9.75. The Morgan fingerprint density at radius 1 is 1.16 bits per heavy atom. The quantitative estimate of drug-likeness (QED) is 0.683. The van der Waals surface area contributed by atoms with E-state index in [4.69, 9.17) is 9.47 Å². The summed E-state index contributed by atoms with van der Waals surface area (Å²) >= 11 is 0. The van der Waals surface area contributed by atoms with Crippen molar-refractivity contribution in [3.8, 4) is 16.9 Å². The fraction of sp³-hybridized carbons (Fsp3) is 0.480. The highest BCUT2D eigenvalue weighted by Crippen LogP contribution is 2.51. The summed E-state index contributed by atoms with van der Waals surface area (Å²) in [5.41, 5.74) is 4.79. The van der Waals surface area contributed by atoms with Gasteiger partial charge in [-0.3, -0.25) is 0 Å². The van der Waals surface area contributed by atoms with E-state index in [9.17, 15) is 9.18 Å². The highest BCUT2D eigenvalue weighted by Gasteiger charge is 2.46. The van der Waals surface area contributed by atoms with Gasteiger partial charge in [0.15, 0.2) is 0 Å². The molecular formula is C25H29FN2O3. The molecule has 2 atom stereocenters. The number of hydrogen-bond donors (Lipinski definition) is 0. The van der Waals surface area contributed by atoms with E-state index in [0.717, 1.165) is 24.9 Å². The molecule has 0 saturated carbocycles. The van der Waals surface area contributed by atoms with E-state index >= 15 is 0 Å². The van der Waals surface area contributed by atoms with Gasteiger partial charge in [-0.15, -0.1) is 0 Å².